The van der Waals surface area contributed by atoms with Crippen molar-refractivity contribution in [3.05, 3.63) is 0 Å². The van der Waals surface area contributed by atoms with Crippen molar-refractivity contribution in [2.45, 2.75) is 175 Å². The summed E-state index contributed by atoms with van der Waals surface area (Å²) in [7, 11) is 0. The van der Waals surface area contributed by atoms with Crippen molar-refractivity contribution in [1.29, 1.82) is 0 Å². The fourth-order valence-electron chi connectivity index (χ4n) is 5.65. The van der Waals surface area contributed by atoms with Crippen molar-refractivity contribution in [2.75, 3.05) is 0 Å². The molecule has 200 valence electrons. The van der Waals surface area contributed by atoms with Crippen LogP contribution in [0.2, 0.25) is 0 Å². The molecule has 0 saturated heterocycles. The van der Waals surface area contributed by atoms with Gasteiger partial charge in [-0.15, -0.1) is 0 Å². The first kappa shape index (κ1) is 31.4. The van der Waals surface area contributed by atoms with Crippen LogP contribution in [0, 0.1) is 17.8 Å². The van der Waals surface area contributed by atoms with Gasteiger partial charge < -0.3 is 0 Å². The molecule has 2 fully saturated rings. The molecule has 2 aliphatic carbocycles. The van der Waals surface area contributed by atoms with Crippen molar-refractivity contribution >= 4 is 11.6 Å². The summed E-state index contributed by atoms with van der Waals surface area (Å²) in [5, 5.41) is 0. The van der Waals surface area contributed by atoms with E-state index in [2.05, 4.69) is 20.8 Å². The molecule has 2 heteroatoms. The van der Waals surface area contributed by atoms with Crippen LogP contribution >= 0.6 is 0 Å². The van der Waals surface area contributed by atoms with Crippen molar-refractivity contribution < 1.29 is 9.59 Å². The number of carbonyl (C=O) groups excluding carboxylic acids is 2. The number of carbonyl (C=O) groups is 2. The first-order valence-electron chi connectivity index (χ1n) is 15.6. The quantitative estimate of drug-likeness (QED) is 0.377. The van der Waals surface area contributed by atoms with Crippen LogP contribution in [0.1, 0.15) is 175 Å². The molecule has 3 atom stereocenters. The van der Waals surface area contributed by atoms with Crippen LogP contribution in [-0.4, -0.2) is 11.6 Å². The first-order valence-corrected chi connectivity index (χ1v) is 15.6. The number of hydrogen-bond acceptors (Lipinski definition) is 2. The largest absolute Gasteiger partial charge is 0.300 e. The topological polar surface area (TPSA) is 34.1 Å². The van der Waals surface area contributed by atoms with E-state index in [9.17, 15) is 9.59 Å². The summed E-state index contributed by atoms with van der Waals surface area (Å²) >= 11 is 0. The lowest BCUT2D eigenvalue weighted by molar-refractivity contribution is -0.120. The molecule has 0 spiro atoms. The van der Waals surface area contributed by atoms with Gasteiger partial charge in [-0.05, 0) is 37.0 Å². The van der Waals surface area contributed by atoms with Gasteiger partial charge in [0.15, 0.2) is 0 Å². The van der Waals surface area contributed by atoms with E-state index in [1.165, 1.54) is 109 Å². The molecular formula is C32H60O2. The molecule has 0 N–H and O–H groups in total. The minimum Gasteiger partial charge on any atom is -0.300 e. The molecule has 0 aliphatic heterocycles. The molecule has 3 unspecified atom stereocenters. The third kappa shape index (κ3) is 17.7. The van der Waals surface area contributed by atoms with Gasteiger partial charge >= 0.3 is 0 Å². The van der Waals surface area contributed by atoms with E-state index in [1.807, 2.05) is 0 Å². The Hall–Kier alpha value is -0.660. The predicted molar refractivity (Wildman–Crippen MR) is 148 cm³/mol. The minimum absolute atomic E-state index is 0.501. The normalized spacial score (nSPS) is 28.6. The van der Waals surface area contributed by atoms with Gasteiger partial charge in [0.1, 0.15) is 11.6 Å². The zero-order chi connectivity index (χ0) is 24.9. The molecule has 0 aromatic heterocycles. The molecule has 0 radical (unpaired) electrons. The highest BCUT2D eigenvalue weighted by molar-refractivity contribution is 5.78. The summed E-state index contributed by atoms with van der Waals surface area (Å²) in [6, 6.07) is 0. The van der Waals surface area contributed by atoms with E-state index in [1.54, 1.807) is 0 Å². The van der Waals surface area contributed by atoms with Crippen LogP contribution in [-0.2, 0) is 9.59 Å². The molecule has 2 aliphatic rings. The lowest BCUT2D eigenvalue weighted by Gasteiger charge is -2.19. The SMILES string of the molecule is CC1CCCCCCCCCCC(=O)CC1C.CCC1CCCCCCCCCCC(=O)CC1. The average Bonchev–Trinajstić information content (AvgIpc) is 2.82. The van der Waals surface area contributed by atoms with Gasteiger partial charge in [0, 0.05) is 25.7 Å². The molecule has 0 amide bonds. The van der Waals surface area contributed by atoms with E-state index < -0.39 is 0 Å². The van der Waals surface area contributed by atoms with Crippen molar-refractivity contribution in [3.63, 3.8) is 0 Å². The highest BCUT2D eigenvalue weighted by atomic mass is 16.1. The minimum atomic E-state index is 0.501. The monoisotopic (exact) mass is 476 g/mol. The van der Waals surface area contributed by atoms with Crippen LogP contribution in [0.5, 0.6) is 0 Å². The predicted octanol–water partition coefficient (Wildman–Crippen LogP) is 10.4. The lowest BCUT2D eigenvalue weighted by Crippen LogP contribution is -2.13. The summed E-state index contributed by atoms with van der Waals surface area (Å²) in [5.74, 6) is 3.14. The molecule has 0 bridgehead atoms. The second-order valence-electron chi connectivity index (χ2n) is 11.8. The van der Waals surface area contributed by atoms with Gasteiger partial charge in [-0.25, -0.2) is 0 Å². The van der Waals surface area contributed by atoms with Gasteiger partial charge in [-0.3, -0.25) is 9.59 Å². The third-order valence-electron chi connectivity index (χ3n) is 8.61. The third-order valence-corrected chi connectivity index (χ3v) is 8.61. The Labute approximate surface area is 213 Å². The lowest BCUT2D eigenvalue weighted by atomic mass is 9.86. The van der Waals surface area contributed by atoms with E-state index >= 15 is 0 Å². The average molecular weight is 477 g/mol. The van der Waals surface area contributed by atoms with Crippen molar-refractivity contribution in [3.8, 4) is 0 Å². The zero-order valence-electron chi connectivity index (χ0n) is 23.5. The Bertz CT molecular complexity index is 487. The van der Waals surface area contributed by atoms with Crippen LogP contribution in [0.25, 0.3) is 0 Å². The van der Waals surface area contributed by atoms with Crippen molar-refractivity contribution in [2.24, 2.45) is 17.8 Å². The second kappa shape index (κ2) is 21.6. The zero-order valence-corrected chi connectivity index (χ0v) is 23.5. The molecule has 34 heavy (non-hydrogen) atoms. The molecule has 2 nitrogen and oxygen atoms in total. The highest BCUT2D eigenvalue weighted by Crippen LogP contribution is 2.24. The molecule has 2 saturated carbocycles. The molecular weight excluding hydrogens is 416 g/mol. The second-order valence-corrected chi connectivity index (χ2v) is 11.8. The Morgan fingerprint density at radius 2 is 0.941 bits per heavy atom. The van der Waals surface area contributed by atoms with E-state index in [-0.39, 0.29) is 0 Å². The highest BCUT2D eigenvalue weighted by Gasteiger charge is 2.16. The van der Waals surface area contributed by atoms with Crippen LogP contribution in [0.4, 0.5) is 0 Å². The number of ketones is 2. The van der Waals surface area contributed by atoms with Gasteiger partial charge in [0.05, 0.1) is 0 Å². The van der Waals surface area contributed by atoms with E-state index in [0.29, 0.717) is 17.5 Å². The van der Waals surface area contributed by atoms with Gasteiger partial charge in [0.2, 0.25) is 0 Å². The molecule has 0 aromatic carbocycles. The van der Waals surface area contributed by atoms with E-state index in [0.717, 1.165) is 56.8 Å². The van der Waals surface area contributed by atoms with Gasteiger partial charge in [0.25, 0.3) is 0 Å². The number of rotatable bonds is 1. The Kier molecular flexibility index (Phi) is 19.9. The fourth-order valence-corrected chi connectivity index (χ4v) is 5.65. The Morgan fingerprint density at radius 1 is 0.500 bits per heavy atom. The number of Topliss-reactive ketones (excluding diaryl/α,β-unsaturated/α-hetero) is 2. The Balaban J connectivity index is 0.000000340. The van der Waals surface area contributed by atoms with E-state index in [4.69, 9.17) is 0 Å². The maximum absolute atomic E-state index is 11.8. The summed E-state index contributed by atoms with van der Waals surface area (Å²) < 4.78 is 0. The molecule has 0 aromatic rings. The van der Waals surface area contributed by atoms with Crippen LogP contribution < -0.4 is 0 Å². The summed E-state index contributed by atoms with van der Waals surface area (Å²) in [6.07, 6.45) is 29.8. The first-order chi connectivity index (χ1) is 16.5. The molecule has 0 heterocycles. The maximum Gasteiger partial charge on any atom is 0.133 e. The summed E-state index contributed by atoms with van der Waals surface area (Å²) in [6.45, 7) is 6.86. The van der Waals surface area contributed by atoms with Crippen LogP contribution in [0.3, 0.4) is 0 Å². The van der Waals surface area contributed by atoms with Crippen LogP contribution in [0.15, 0.2) is 0 Å². The summed E-state index contributed by atoms with van der Waals surface area (Å²) in [5.41, 5.74) is 0. The smallest absolute Gasteiger partial charge is 0.133 e. The number of hydrogen-bond donors (Lipinski definition) is 0. The summed E-state index contributed by atoms with van der Waals surface area (Å²) in [4.78, 5) is 23.5. The van der Waals surface area contributed by atoms with Gasteiger partial charge in [-0.2, -0.15) is 0 Å². The fraction of sp³-hybridized carbons (Fsp3) is 0.938. The van der Waals surface area contributed by atoms with Gasteiger partial charge in [-0.1, -0.05) is 130 Å². The standard InChI is InChI=1S/2C16H30O/c1-14-11-9-7-5-3-4-6-8-10-12-16(17)13-15(14)2;1-2-15-11-9-7-5-3-4-6-8-10-12-16(17)14-13-15/h14-15H,3-13H2,1-2H3;15H,2-14H2,1H3. The molecule has 2 rings (SSSR count). The Morgan fingerprint density at radius 3 is 1.47 bits per heavy atom. The maximum atomic E-state index is 11.8. The van der Waals surface area contributed by atoms with Crippen molar-refractivity contribution in [1.82, 2.24) is 0 Å².